The predicted molar refractivity (Wildman–Crippen MR) is 132 cm³/mol. The largest absolute Gasteiger partial charge is 0.497 e. The standard InChI is InChI=1S/C27H26N2O5/c1-19-24(27(30)29(28-19)21-7-5-4-6-8-21)17-20-9-14-25(26(18-20)32-3)34-16-15-33-23-12-10-22(31-2)11-13-23/h4-14,17-18H,15-16H2,1-3H3/b24-17-. The van der Waals surface area contributed by atoms with E-state index in [9.17, 15) is 4.79 Å². The first-order chi connectivity index (χ1) is 16.6. The molecule has 0 atom stereocenters. The third-order valence-corrected chi connectivity index (χ3v) is 5.23. The predicted octanol–water partition coefficient (Wildman–Crippen LogP) is 4.97. The van der Waals surface area contributed by atoms with Crippen molar-refractivity contribution in [2.45, 2.75) is 6.92 Å². The van der Waals surface area contributed by atoms with Gasteiger partial charge in [-0.3, -0.25) is 4.79 Å². The molecule has 0 aromatic heterocycles. The number of methoxy groups -OCH3 is 2. The second-order valence-electron chi connectivity index (χ2n) is 7.48. The third kappa shape index (κ3) is 5.20. The maximum atomic E-state index is 12.9. The Bertz CT molecular complexity index is 1200. The first kappa shape index (κ1) is 22.9. The van der Waals surface area contributed by atoms with E-state index >= 15 is 0 Å². The highest BCUT2D eigenvalue weighted by Crippen LogP contribution is 2.30. The van der Waals surface area contributed by atoms with Gasteiger partial charge in [0.15, 0.2) is 11.5 Å². The molecule has 0 bridgehead atoms. The van der Waals surface area contributed by atoms with Crippen LogP contribution in [0.15, 0.2) is 83.5 Å². The lowest BCUT2D eigenvalue weighted by molar-refractivity contribution is -0.114. The van der Waals surface area contributed by atoms with Crippen molar-refractivity contribution in [1.82, 2.24) is 0 Å². The first-order valence-corrected chi connectivity index (χ1v) is 10.8. The normalized spacial score (nSPS) is 14.2. The van der Waals surface area contributed by atoms with Crippen LogP contribution in [-0.2, 0) is 4.79 Å². The highest BCUT2D eigenvalue weighted by atomic mass is 16.5. The van der Waals surface area contributed by atoms with Gasteiger partial charge in [0, 0.05) is 0 Å². The highest BCUT2D eigenvalue weighted by molar-refractivity contribution is 6.32. The van der Waals surface area contributed by atoms with E-state index in [1.165, 1.54) is 5.01 Å². The Labute approximate surface area is 198 Å². The Balaban J connectivity index is 1.40. The summed E-state index contributed by atoms with van der Waals surface area (Å²) in [6.45, 7) is 2.55. The van der Waals surface area contributed by atoms with E-state index in [1.807, 2.05) is 85.8 Å². The van der Waals surface area contributed by atoms with Crippen LogP contribution < -0.4 is 24.0 Å². The number of para-hydroxylation sites is 1. The summed E-state index contributed by atoms with van der Waals surface area (Å²) < 4.78 is 22.2. The summed E-state index contributed by atoms with van der Waals surface area (Å²) in [5.74, 6) is 2.51. The Morgan fingerprint density at radius 3 is 2.24 bits per heavy atom. The molecule has 1 aliphatic rings. The summed E-state index contributed by atoms with van der Waals surface area (Å²) in [6, 6.07) is 22.3. The molecule has 4 rings (SSSR count). The van der Waals surface area contributed by atoms with E-state index in [2.05, 4.69) is 5.10 Å². The van der Waals surface area contributed by atoms with Gasteiger partial charge < -0.3 is 18.9 Å². The van der Waals surface area contributed by atoms with Gasteiger partial charge in [0.2, 0.25) is 0 Å². The van der Waals surface area contributed by atoms with Gasteiger partial charge in [-0.2, -0.15) is 10.1 Å². The lowest BCUT2D eigenvalue weighted by Crippen LogP contribution is -2.21. The number of carbonyl (C=O) groups excluding carboxylic acids is 1. The van der Waals surface area contributed by atoms with E-state index < -0.39 is 0 Å². The molecule has 7 nitrogen and oxygen atoms in total. The maximum Gasteiger partial charge on any atom is 0.280 e. The average Bonchev–Trinajstić information content (AvgIpc) is 3.16. The summed E-state index contributed by atoms with van der Waals surface area (Å²) in [4.78, 5) is 12.9. The highest BCUT2D eigenvalue weighted by Gasteiger charge is 2.28. The van der Waals surface area contributed by atoms with Crippen LogP contribution in [0.5, 0.6) is 23.0 Å². The molecule has 0 fully saturated rings. The molecule has 0 saturated heterocycles. The minimum atomic E-state index is -0.168. The topological polar surface area (TPSA) is 69.6 Å². The molecule has 0 saturated carbocycles. The Morgan fingerprint density at radius 1 is 0.824 bits per heavy atom. The van der Waals surface area contributed by atoms with Crippen LogP contribution in [0, 0.1) is 0 Å². The maximum absolute atomic E-state index is 12.9. The molecule has 0 N–H and O–H groups in total. The van der Waals surface area contributed by atoms with Crippen molar-refractivity contribution in [3.8, 4) is 23.0 Å². The van der Waals surface area contributed by atoms with Crippen LogP contribution >= 0.6 is 0 Å². The van der Waals surface area contributed by atoms with Gasteiger partial charge in [-0.25, -0.2) is 0 Å². The van der Waals surface area contributed by atoms with Crippen LogP contribution in [0.2, 0.25) is 0 Å². The van der Waals surface area contributed by atoms with Crippen LogP contribution in [-0.4, -0.2) is 39.1 Å². The molecule has 7 heteroatoms. The van der Waals surface area contributed by atoms with Gasteiger partial charge in [0.05, 0.1) is 31.2 Å². The Hall–Kier alpha value is -4.26. The average molecular weight is 459 g/mol. The molecule has 174 valence electrons. The smallest absolute Gasteiger partial charge is 0.280 e. The molecule has 3 aromatic carbocycles. The summed E-state index contributed by atoms with van der Waals surface area (Å²) >= 11 is 0. The molecule has 1 amide bonds. The Morgan fingerprint density at radius 2 is 1.53 bits per heavy atom. The van der Waals surface area contributed by atoms with Crippen LogP contribution in [0.4, 0.5) is 5.69 Å². The number of nitrogens with zero attached hydrogens (tertiary/aromatic N) is 2. The van der Waals surface area contributed by atoms with Crippen LogP contribution in [0.1, 0.15) is 12.5 Å². The molecule has 1 heterocycles. The molecule has 1 aliphatic heterocycles. The molecule has 0 aliphatic carbocycles. The lowest BCUT2D eigenvalue weighted by Gasteiger charge is -2.13. The van der Waals surface area contributed by atoms with Crippen LogP contribution in [0.25, 0.3) is 6.08 Å². The van der Waals surface area contributed by atoms with Gasteiger partial charge in [0.25, 0.3) is 5.91 Å². The molecule has 0 spiro atoms. The molecule has 34 heavy (non-hydrogen) atoms. The van der Waals surface area contributed by atoms with Crippen molar-refractivity contribution in [3.63, 3.8) is 0 Å². The second-order valence-corrected chi connectivity index (χ2v) is 7.48. The van der Waals surface area contributed by atoms with Crippen molar-refractivity contribution in [3.05, 3.63) is 83.9 Å². The number of amides is 1. The molecule has 0 radical (unpaired) electrons. The Kier molecular flexibility index (Phi) is 7.13. The SMILES string of the molecule is COc1ccc(OCCOc2ccc(/C=C3\C(=O)N(c4ccccc4)N=C3C)cc2OC)cc1. The minimum Gasteiger partial charge on any atom is -0.497 e. The zero-order chi connectivity index (χ0) is 23.9. The van der Waals surface area contributed by atoms with Crippen molar-refractivity contribution in [1.29, 1.82) is 0 Å². The number of carbonyl (C=O) groups is 1. The molecule has 3 aromatic rings. The molecular weight excluding hydrogens is 432 g/mol. The summed E-state index contributed by atoms with van der Waals surface area (Å²) in [7, 11) is 3.20. The van der Waals surface area contributed by atoms with Crippen molar-refractivity contribution < 1.29 is 23.7 Å². The second kappa shape index (κ2) is 10.6. The van der Waals surface area contributed by atoms with Crippen molar-refractivity contribution in [2.75, 3.05) is 32.4 Å². The number of rotatable bonds is 9. The van der Waals surface area contributed by atoms with Gasteiger partial charge in [-0.05, 0) is 67.1 Å². The van der Waals surface area contributed by atoms with E-state index in [0.29, 0.717) is 36.0 Å². The number of ether oxygens (including phenoxy) is 4. The number of anilines is 1. The van der Waals surface area contributed by atoms with Crippen LogP contribution in [0.3, 0.4) is 0 Å². The zero-order valence-electron chi connectivity index (χ0n) is 19.4. The lowest BCUT2D eigenvalue weighted by atomic mass is 10.1. The van der Waals surface area contributed by atoms with Crippen molar-refractivity contribution in [2.24, 2.45) is 5.10 Å². The number of hydrogen-bond donors (Lipinski definition) is 0. The fourth-order valence-corrected chi connectivity index (χ4v) is 3.47. The van der Waals surface area contributed by atoms with Gasteiger partial charge in [-0.1, -0.05) is 24.3 Å². The quantitative estimate of drug-likeness (QED) is 0.335. The van der Waals surface area contributed by atoms with Gasteiger partial charge in [-0.15, -0.1) is 0 Å². The van der Waals surface area contributed by atoms with E-state index in [0.717, 1.165) is 22.7 Å². The fraction of sp³-hybridized carbons (Fsp3) is 0.185. The summed E-state index contributed by atoms with van der Waals surface area (Å²) in [6.07, 6.45) is 1.81. The monoisotopic (exact) mass is 458 g/mol. The van der Waals surface area contributed by atoms with Crippen molar-refractivity contribution >= 4 is 23.4 Å². The first-order valence-electron chi connectivity index (χ1n) is 10.8. The van der Waals surface area contributed by atoms with Gasteiger partial charge >= 0.3 is 0 Å². The van der Waals surface area contributed by atoms with E-state index in [1.54, 1.807) is 14.2 Å². The number of hydrogen-bond acceptors (Lipinski definition) is 6. The number of hydrazone groups is 1. The fourth-order valence-electron chi connectivity index (χ4n) is 3.47. The molecule has 0 unspecified atom stereocenters. The molecular formula is C27H26N2O5. The summed E-state index contributed by atoms with van der Waals surface area (Å²) in [5.41, 5.74) is 2.73. The zero-order valence-corrected chi connectivity index (χ0v) is 19.4. The minimum absolute atomic E-state index is 0.168. The van der Waals surface area contributed by atoms with E-state index in [-0.39, 0.29) is 5.91 Å². The van der Waals surface area contributed by atoms with E-state index in [4.69, 9.17) is 18.9 Å². The summed E-state index contributed by atoms with van der Waals surface area (Å²) in [5, 5.41) is 5.83. The van der Waals surface area contributed by atoms with Gasteiger partial charge in [0.1, 0.15) is 24.7 Å². The number of benzene rings is 3. The third-order valence-electron chi connectivity index (χ3n) is 5.23.